The first-order chi connectivity index (χ1) is 8.69. The molecule has 0 radical (unpaired) electrons. The highest BCUT2D eigenvalue weighted by atomic mass is 16.5. The smallest absolute Gasteiger partial charge is 0.124 e. The summed E-state index contributed by atoms with van der Waals surface area (Å²) in [5, 5.41) is 8.85. The van der Waals surface area contributed by atoms with Gasteiger partial charge in [-0.3, -0.25) is 0 Å². The highest BCUT2D eigenvalue weighted by Gasteiger charge is 2.02. The number of nitrogen functional groups attached to an aromatic ring is 1. The second-order valence-electron chi connectivity index (χ2n) is 4.12. The molecule has 0 unspecified atom stereocenters. The van der Waals surface area contributed by atoms with Gasteiger partial charge in [0.15, 0.2) is 0 Å². The number of nitrogens with two attached hydrogens (primary N) is 1. The van der Waals surface area contributed by atoms with Gasteiger partial charge in [-0.25, -0.2) is 0 Å². The normalized spacial score (nSPS) is 9.78. The van der Waals surface area contributed by atoms with Crippen LogP contribution in [0, 0.1) is 18.3 Å². The third kappa shape index (κ3) is 2.80. The summed E-state index contributed by atoms with van der Waals surface area (Å²) in [5.74, 6) is 0.742. The Hall–Kier alpha value is -2.47. The minimum Gasteiger partial charge on any atom is -0.489 e. The molecule has 0 amide bonds. The largest absolute Gasteiger partial charge is 0.489 e. The Morgan fingerprint density at radius 2 is 1.89 bits per heavy atom. The van der Waals surface area contributed by atoms with E-state index >= 15 is 0 Å². The fourth-order valence-corrected chi connectivity index (χ4v) is 1.60. The van der Waals surface area contributed by atoms with Crippen molar-refractivity contribution in [1.82, 2.24) is 0 Å². The third-order valence-electron chi connectivity index (χ3n) is 2.69. The van der Waals surface area contributed by atoms with E-state index in [1.54, 1.807) is 12.1 Å². The number of aryl methyl sites for hydroxylation is 1. The fraction of sp³-hybridized carbons (Fsp3) is 0.133. The number of hydrogen-bond donors (Lipinski definition) is 1. The van der Waals surface area contributed by atoms with Crippen molar-refractivity contribution in [2.24, 2.45) is 0 Å². The summed E-state index contributed by atoms with van der Waals surface area (Å²) in [6.07, 6.45) is 0. The van der Waals surface area contributed by atoms with Gasteiger partial charge in [-0.15, -0.1) is 0 Å². The van der Waals surface area contributed by atoms with Crippen molar-refractivity contribution >= 4 is 5.69 Å². The molecule has 2 aromatic rings. The molecule has 18 heavy (non-hydrogen) atoms. The minimum absolute atomic E-state index is 0.468. The zero-order valence-electron chi connectivity index (χ0n) is 10.2. The molecule has 0 atom stereocenters. The average molecular weight is 238 g/mol. The van der Waals surface area contributed by atoms with E-state index < -0.39 is 0 Å². The second-order valence-corrected chi connectivity index (χ2v) is 4.12. The number of rotatable bonds is 3. The summed E-state index contributed by atoms with van der Waals surface area (Å²) in [7, 11) is 0. The van der Waals surface area contributed by atoms with Crippen LogP contribution in [0.3, 0.4) is 0 Å². The van der Waals surface area contributed by atoms with Crippen LogP contribution in [0.4, 0.5) is 5.69 Å². The van der Waals surface area contributed by atoms with Crippen LogP contribution in [0.1, 0.15) is 16.7 Å². The van der Waals surface area contributed by atoms with E-state index in [-0.39, 0.29) is 0 Å². The number of anilines is 1. The maximum Gasteiger partial charge on any atom is 0.124 e. The Morgan fingerprint density at radius 3 is 2.56 bits per heavy atom. The Morgan fingerprint density at radius 1 is 1.17 bits per heavy atom. The zero-order chi connectivity index (χ0) is 13.0. The van der Waals surface area contributed by atoms with E-state index in [0.717, 1.165) is 22.6 Å². The molecule has 0 bridgehead atoms. The second kappa shape index (κ2) is 5.24. The van der Waals surface area contributed by atoms with Gasteiger partial charge in [0.05, 0.1) is 11.6 Å². The van der Waals surface area contributed by atoms with Gasteiger partial charge in [0.1, 0.15) is 12.4 Å². The first kappa shape index (κ1) is 12.0. The van der Waals surface area contributed by atoms with Crippen molar-refractivity contribution in [1.29, 1.82) is 5.26 Å². The van der Waals surface area contributed by atoms with Crippen LogP contribution in [0.15, 0.2) is 42.5 Å². The van der Waals surface area contributed by atoms with Crippen molar-refractivity contribution in [3.05, 3.63) is 59.2 Å². The predicted molar refractivity (Wildman–Crippen MR) is 71.1 cm³/mol. The van der Waals surface area contributed by atoms with E-state index in [0.29, 0.717) is 12.2 Å². The summed E-state index contributed by atoms with van der Waals surface area (Å²) in [5.41, 5.74) is 9.03. The molecule has 0 fully saturated rings. The van der Waals surface area contributed by atoms with Crippen LogP contribution in [0.5, 0.6) is 5.75 Å². The first-order valence-corrected chi connectivity index (χ1v) is 5.67. The van der Waals surface area contributed by atoms with Crippen LogP contribution in [0.2, 0.25) is 0 Å². The molecule has 0 aliphatic heterocycles. The number of benzene rings is 2. The quantitative estimate of drug-likeness (QED) is 0.836. The molecule has 0 saturated heterocycles. The van der Waals surface area contributed by atoms with Crippen LogP contribution in [0.25, 0.3) is 0 Å². The van der Waals surface area contributed by atoms with E-state index in [9.17, 15) is 0 Å². The van der Waals surface area contributed by atoms with Gasteiger partial charge in [0, 0.05) is 5.69 Å². The summed E-state index contributed by atoms with van der Waals surface area (Å²) < 4.78 is 5.71. The standard InChI is InChI=1S/C15H14N2O/c1-11-2-3-13(9-16)8-15(11)18-10-12-4-6-14(17)7-5-12/h2-8H,10,17H2,1H3. The molecule has 2 aromatic carbocycles. The minimum atomic E-state index is 0.468. The fourth-order valence-electron chi connectivity index (χ4n) is 1.60. The molecule has 90 valence electrons. The molecular weight excluding hydrogens is 224 g/mol. The average Bonchev–Trinajstić information content (AvgIpc) is 2.40. The van der Waals surface area contributed by atoms with E-state index in [1.807, 2.05) is 37.3 Å². The Labute approximate surface area is 106 Å². The molecule has 0 spiro atoms. The SMILES string of the molecule is Cc1ccc(C#N)cc1OCc1ccc(N)cc1. The van der Waals surface area contributed by atoms with Crippen LogP contribution >= 0.6 is 0 Å². The number of nitrogens with zero attached hydrogens (tertiary/aromatic N) is 1. The number of ether oxygens (including phenoxy) is 1. The van der Waals surface area contributed by atoms with Gasteiger partial charge in [-0.05, 0) is 42.3 Å². The molecule has 0 heterocycles. The van der Waals surface area contributed by atoms with Crippen molar-refractivity contribution in [3.8, 4) is 11.8 Å². The van der Waals surface area contributed by atoms with E-state index in [2.05, 4.69) is 6.07 Å². The van der Waals surface area contributed by atoms with Crippen molar-refractivity contribution in [2.75, 3.05) is 5.73 Å². The Kier molecular flexibility index (Phi) is 3.49. The Bertz CT molecular complexity index is 582. The maximum atomic E-state index is 8.85. The molecular formula is C15H14N2O. The van der Waals surface area contributed by atoms with E-state index in [1.165, 1.54) is 0 Å². The van der Waals surface area contributed by atoms with Crippen LogP contribution in [-0.2, 0) is 6.61 Å². The lowest BCUT2D eigenvalue weighted by Crippen LogP contribution is -1.97. The molecule has 0 aliphatic rings. The van der Waals surface area contributed by atoms with E-state index in [4.69, 9.17) is 15.7 Å². The van der Waals surface area contributed by atoms with Gasteiger partial charge in [0.2, 0.25) is 0 Å². The lowest BCUT2D eigenvalue weighted by atomic mass is 10.1. The summed E-state index contributed by atoms with van der Waals surface area (Å²) in [6.45, 7) is 2.43. The molecule has 3 nitrogen and oxygen atoms in total. The maximum absolute atomic E-state index is 8.85. The molecule has 0 aliphatic carbocycles. The third-order valence-corrected chi connectivity index (χ3v) is 2.69. The summed E-state index contributed by atoms with van der Waals surface area (Å²) in [4.78, 5) is 0. The number of nitriles is 1. The van der Waals surface area contributed by atoms with Crippen LogP contribution < -0.4 is 10.5 Å². The highest BCUT2D eigenvalue weighted by Crippen LogP contribution is 2.20. The molecule has 2 N–H and O–H groups in total. The monoisotopic (exact) mass is 238 g/mol. The molecule has 3 heteroatoms. The highest BCUT2D eigenvalue weighted by molar-refractivity contribution is 5.42. The lowest BCUT2D eigenvalue weighted by Gasteiger charge is -2.09. The van der Waals surface area contributed by atoms with Crippen molar-refractivity contribution in [2.45, 2.75) is 13.5 Å². The van der Waals surface area contributed by atoms with Crippen molar-refractivity contribution < 1.29 is 4.74 Å². The van der Waals surface area contributed by atoms with Gasteiger partial charge < -0.3 is 10.5 Å². The molecule has 2 rings (SSSR count). The summed E-state index contributed by atoms with van der Waals surface area (Å²) >= 11 is 0. The lowest BCUT2D eigenvalue weighted by molar-refractivity contribution is 0.304. The Balaban J connectivity index is 2.10. The van der Waals surface area contributed by atoms with Crippen molar-refractivity contribution in [3.63, 3.8) is 0 Å². The first-order valence-electron chi connectivity index (χ1n) is 5.67. The molecule has 0 aromatic heterocycles. The van der Waals surface area contributed by atoms with Gasteiger partial charge in [0.25, 0.3) is 0 Å². The van der Waals surface area contributed by atoms with Gasteiger partial charge >= 0.3 is 0 Å². The predicted octanol–water partition coefficient (Wildman–Crippen LogP) is 3.03. The topological polar surface area (TPSA) is 59.0 Å². The van der Waals surface area contributed by atoms with Gasteiger partial charge in [-0.2, -0.15) is 5.26 Å². The zero-order valence-corrected chi connectivity index (χ0v) is 10.2. The van der Waals surface area contributed by atoms with Crippen LogP contribution in [-0.4, -0.2) is 0 Å². The van der Waals surface area contributed by atoms with Gasteiger partial charge in [-0.1, -0.05) is 18.2 Å². The number of hydrogen-bond acceptors (Lipinski definition) is 3. The summed E-state index contributed by atoms with van der Waals surface area (Å²) in [6, 6.07) is 15.1. The molecule has 0 saturated carbocycles.